The maximum Gasteiger partial charge on any atom is 0.280 e. The van der Waals surface area contributed by atoms with Gasteiger partial charge in [0.2, 0.25) is 0 Å². The zero-order chi connectivity index (χ0) is 20.5. The van der Waals surface area contributed by atoms with Gasteiger partial charge >= 0.3 is 0 Å². The number of piperidine rings is 1. The molecule has 0 radical (unpaired) electrons. The molecule has 3 aromatic rings. The van der Waals surface area contributed by atoms with Crippen LogP contribution >= 0.6 is 0 Å². The van der Waals surface area contributed by atoms with E-state index in [9.17, 15) is 9.18 Å². The summed E-state index contributed by atoms with van der Waals surface area (Å²) in [5.41, 5.74) is 0.539. The van der Waals surface area contributed by atoms with Crippen molar-refractivity contribution in [3.63, 3.8) is 0 Å². The minimum absolute atomic E-state index is 0.0144. The van der Waals surface area contributed by atoms with Crippen LogP contribution < -0.4 is 4.74 Å². The lowest BCUT2D eigenvalue weighted by Crippen LogP contribution is -2.43. The average molecular weight is 412 g/mol. The first-order valence-electron chi connectivity index (χ1n) is 10.1. The molecule has 1 atom stereocenters. The Hall–Kier alpha value is -3.30. The molecule has 5 rings (SSSR count). The lowest BCUT2D eigenvalue weighted by atomic mass is 10.1. The van der Waals surface area contributed by atoms with Crippen molar-refractivity contribution in [2.24, 2.45) is 0 Å². The molecule has 1 saturated heterocycles. The summed E-state index contributed by atoms with van der Waals surface area (Å²) in [7, 11) is 0. The van der Waals surface area contributed by atoms with Crippen LogP contribution in [0.1, 0.15) is 43.5 Å². The predicted molar refractivity (Wildman–Crippen MR) is 102 cm³/mol. The van der Waals surface area contributed by atoms with E-state index in [0.29, 0.717) is 36.3 Å². The molecule has 1 aliphatic heterocycles. The summed E-state index contributed by atoms with van der Waals surface area (Å²) < 4.78 is 25.5. The highest BCUT2D eigenvalue weighted by atomic mass is 19.1. The van der Waals surface area contributed by atoms with Gasteiger partial charge in [-0.2, -0.15) is 4.98 Å². The van der Waals surface area contributed by atoms with Gasteiger partial charge in [0.15, 0.2) is 18.1 Å². The molecule has 1 aliphatic carbocycles. The smallest absolute Gasteiger partial charge is 0.280 e. The van der Waals surface area contributed by atoms with Crippen LogP contribution in [0.25, 0.3) is 11.6 Å². The molecule has 2 aromatic heterocycles. The Balaban J connectivity index is 1.20. The number of carbonyl (C=O) groups excluding carboxylic acids is 1. The number of rotatable bonds is 6. The zero-order valence-electron chi connectivity index (χ0n) is 16.3. The Labute approximate surface area is 171 Å². The number of hydrogen-bond acceptors (Lipinski definition) is 7. The lowest BCUT2D eigenvalue weighted by Gasteiger charge is -2.32. The van der Waals surface area contributed by atoms with E-state index >= 15 is 0 Å². The highest BCUT2D eigenvalue weighted by Gasteiger charge is 2.30. The summed E-state index contributed by atoms with van der Waals surface area (Å²) in [5.74, 6) is 1.52. The highest BCUT2D eigenvalue weighted by Crippen LogP contribution is 2.38. The lowest BCUT2D eigenvalue weighted by molar-refractivity contribution is -0.135. The van der Waals surface area contributed by atoms with E-state index in [0.717, 1.165) is 31.5 Å². The molecule has 0 bridgehead atoms. The van der Waals surface area contributed by atoms with E-state index in [1.54, 1.807) is 15.8 Å². The van der Waals surface area contributed by atoms with Crippen LogP contribution in [0.2, 0.25) is 0 Å². The number of hydrogen-bond donors (Lipinski definition) is 0. The Morgan fingerprint density at radius 1 is 1.23 bits per heavy atom. The predicted octanol–water partition coefficient (Wildman–Crippen LogP) is 2.59. The van der Waals surface area contributed by atoms with Crippen molar-refractivity contribution in [3.05, 3.63) is 42.1 Å². The van der Waals surface area contributed by atoms with Gasteiger partial charge in [-0.05, 0) is 49.9 Å². The molecular formula is C20H21FN6O3. The molecular weight excluding hydrogens is 391 g/mol. The number of amides is 1. The van der Waals surface area contributed by atoms with Crippen LogP contribution in [-0.2, 0) is 4.79 Å². The fraction of sp³-hybridized carbons (Fsp3) is 0.450. The van der Waals surface area contributed by atoms with Crippen molar-refractivity contribution in [2.45, 2.75) is 37.6 Å². The second-order valence-corrected chi connectivity index (χ2v) is 7.69. The van der Waals surface area contributed by atoms with Crippen LogP contribution in [0.3, 0.4) is 0 Å². The van der Waals surface area contributed by atoms with Crippen LogP contribution in [0.15, 0.2) is 35.0 Å². The SMILES string of the molecule is O=C(COc1ccc(F)cc1)N1CCCC(n2cc(-c3nc(C4CC4)no3)nn2)C1. The van der Waals surface area contributed by atoms with Gasteiger partial charge in [-0.1, -0.05) is 10.4 Å². The van der Waals surface area contributed by atoms with Crippen LogP contribution in [0.5, 0.6) is 5.75 Å². The maximum atomic E-state index is 13.0. The standard InChI is InChI=1S/C20H21FN6O3/c21-14-5-7-16(8-6-14)29-12-18(28)26-9-1-2-15(10-26)27-11-17(23-25-27)20-22-19(24-30-20)13-3-4-13/h5-8,11,13,15H,1-4,9-10,12H2. The number of benzene rings is 1. The number of carbonyl (C=O) groups is 1. The Bertz CT molecular complexity index is 1030. The minimum atomic E-state index is -0.343. The molecule has 9 nitrogen and oxygen atoms in total. The van der Waals surface area contributed by atoms with Gasteiger partial charge in [0.05, 0.1) is 12.2 Å². The molecule has 1 aromatic carbocycles. The van der Waals surface area contributed by atoms with Crippen LogP contribution in [0, 0.1) is 5.82 Å². The van der Waals surface area contributed by atoms with Gasteiger partial charge in [0, 0.05) is 19.0 Å². The minimum Gasteiger partial charge on any atom is -0.484 e. The van der Waals surface area contributed by atoms with Gasteiger partial charge < -0.3 is 14.2 Å². The van der Waals surface area contributed by atoms with E-state index in [4.69, 9.17) is 9.26 Å². The second kappa shape index (κ2) is 7.85. The molecule has 3 heterocycles. The number of likely N-dealkylation sites (tertiary alicyclic amines) is 1. The molecule has 0 N–H and O–H groups in total. The van der Waals surface area contributed by atoms with Gasteiger partial charge in [-0.25, -0.2) is 9.07 Å². The Morgan fingerprint density at radius 3 is 2.87 bits per heavy atom. The molecule has 2 aliphatic rings. The monoisotopic (exact) mass is 412 g/mol. The Morgan fingerprint density at radius 2 is 2.07 bits per heavy atom. The van der Waals surface area contributed by atoms with E-state index in [1.807, 2.05) is 0 Å². The molecule has 30 heavy (non-hydrogen) atoms. The summed E-state index contributed by atoms with van der Waals surface area (Å²) in [6, 6.07) is 5.63. The largest absolute Gasteiger partial charge is 0.484 e. The third-order valence-electron chi connectivity index (χ3n) is 5.41. The van der Waals surface area contributed by atoms with Gasteiger partial charge in [0.1, 0.15) is 11.6 Å². The van der Waals surface area contributed by atoms with Crippen molar-refractivity contribution in [1.29, 1.82) is 0 Å². The first-order chi connectivity index (χ1) is 14.7. The number of aromatic nitrogens is 5. The molecule has 1 saturated carbocycles. The van der Waals surface area contributed by atoms with E-state index in [-0.39, 0.29) is 24.4 Å². The zero-order valence-corrected chi connectivity index (χ0v) is 16.3. The van der Waals surface area contributed by atoms with Crippen LogP contribution in [-0.4, -0.2) is 55.6 Å². The molecule has 0 spiro atoms. The van der Waals surface area contributed by atoms with Crippen molar-refractivity contribution in [3.8, 4) is 17.3 Å². The topological polar surface area (TPSA) is 99.2 Å². The first kappa shape index (κ1) is 18.7. The quantitative estimate of drug-likeness (QED) is 0.614. The van der Waals surface area contributed by atoms with E-state index in [2.05, 4.69) is 20.5 Å². The highest BCUT2D eigenvalue weighted by molar-refractivity contribution is 5.77. The number of nitrogens with zero attached hydrogens (tertiary/aromatic N) is 6. The van der Waals surface area contributed by atoms with Crippen molar-refractivity contribution in [2.75, 3.05) is 19.7 Å². The summed E-state index contributed by atoms with van der Waals surface area (Å²) in [5, 5.41) is 12.4. The molecule has 156 valence electrons. The number of ether oxygens (including phenoxy) is 1. The molecule has 2 fully saturated rings. The molecule has 10 heteroatoms. The van der Waals surface area contributed by atoms with Gasteiger partial charge in [-0.15, -0.1) is 5.10 Å². The normalized spacial score (nSPS) is 19.1. The summed E-state index contributed by atoms with van der Waals surface area (Å²) in [4.78, 5) is 18.7. The molecule has 1 amide bonds. The first-order valence-corrected chi connectivity index (χ1v) is 10.1. The van der Waals surface area contributed by atoms with Crippen molar-refractivity contribution >= 4 is 5.91 Å². The maximum absolute atomic E-state index is 13.0. The molecule has 1 unspecified atom stereocenters. The summed E-state index contributed by atoms with van der Waals surface area (Å²) in [6.45, 7) is 1.09. The van der Waals surface area contributed by atoms with E-state index < -0.39 is 0 Å². The number of halogens is 1. The fourth-order valence-electron chi connectivity index (χ4n) is 3.56. The van der Waals surface area contributed by atoms with Gasteiger partial charge in [0.25, 0.3) is 11.8 Å². The van der Waals surface area contributed by atoms with E-state index in [1.165, 1.54) is 24.3 Å². The van der Waals surface area contributed by atoms with Crippen molar-refractivity contribution < 1.29 is 18.4 Å². The third-order valence-corrected chi connectivity index (χ3v) is 5.41. The summed E-state index contributed by atoms with van der Waals surface area (Å²) in [6.07, 6.45) is 5.74. The van der Waals surface area contributed by atoms with Crippen molar-refractivity contribution in [1.82, 2.24) is 30.0 Å². The van der Waals surface area contributed by atoms with Crippen LogP contribution in [0.4, 0.5) is 4.39 Å². The fourth-order valence-corrected chi connectivity index (χ4v) is 3.56. The second-order valence-electron chi connectivity index (χ2n) is 7.69. The third kappa shape index (κ3) is 4.03. The average Bonchev–Trinajstić information content (AvgIpc) is 3.30. The summed E-state index contributed by atoms with van der Waals surface area (Å²) >= 11 is 0. The Kier molecular flexibility index (Phi) is 4.89. The van der Waals surface area contributed by atoms with Gasteiger partial charge in [-0.3, -0.25) is 4.79 Å².